The first-order chi connectivity index (χ1) is 14.6. The average Bonchev–Trinajstić information content (AvgIpc) is 3.13. The smallest absolute Gasteiger partial charge is 0.325 e. The van der Waals surface area contributed by atoms with Gasteiger partial charge < -0.3 is 24.1 Å². The second-order valence-electron chi connectivity index (χ2n) is 6.61. The lowest BCUT2D eigenvalue weighted by Crippen LogP contribution is -2.25. The van der Waals surface area contributed by atoms with Gasteiger partial charge in [-0.2, -0.15) is 0 Å². The highest BCUT2D eigenvalue weighted by atomic mass is 16.5. The molecule has 0 aliphatic rings. The van der Waals surface area contributed by atoms with E-state index in [1.807, 2.05) is 28.8 Å². The van der Waals surface area contributed by atoms with Crippen LogP contribution in [0.25, 0.3) is 11.0 Å². The molecule has 0 unspecified atom stereocenters. The maximum Gasteiger partial charge on any atom is 0.325 e. The van der Waals surface area contributed by atoms with E-state index in [9.17, 15) is 9.59 Å². The SMILES string of the molecule is COC(=O)Cn1c(CCCNC(=O)c2ccc(OC)c(OC)c2)nc2ccccc21. The van der Waals surface area contributed by atoms with Crippen molar-refractivity contribution in [3.05, 3.63) is 53.9 Å². The van der Waals surface area contributed by atoms with Crippen molar-refractivity contribution in [1.29, 1.82) is 0 Å². The summed E-state index contributed by atoms with van der Waals surface area (Å²) in [6.45, 7) is 0.568. The third kappa shape index (κ3) is 4.71. The molecule has 0 aliphatic carbocycles. The van der Waals surface area contributed by atoms with Crippen molar-refractivity contribution in [2.75, 3.05) is 27.9 Å². The fourth-order valence-electron chi connectivity index (χ4n) is 3.21. The van der Waals surface area contributed by atoms with Crippen molar-refractivity contribution in [1.82, 2.24) is 14.9 Å². The average molecular weight is 411 g/mol. The summed E-state index contributed by atoms with van der Waals surface area (Å²) in [7, 11) is 4.44. The summed E-state index contributed by atoms with van der Waals surface area (Å²) < 4.78 is 17.1. The van der Waals surface area contributed by atoms with Crippen molar-refractivity contribution in [2.45, 2.75) is 19.4 Å². The molecule has 0 saturated heterocycles. The predicted molar refractivity (Wildman–Crippen MR) is 112 cm³/mol. The van der Waals surface area contributed by atoms with E-state index < -0.39 is 0 Å². The highest BCUT2D eigenvalue weighted by molar-refractivity contribution is 5.94. The molecule has 1 aromatic heterocycles. The van der Waals surface area contributed by atoms with Gasteiger partial charge in [0.2, 0.25) is 0 Å². The number of imidazole rings is 1. The van der Waals surface area contributed by atoms with Gasteiger partial charge in [-0.15, -0.1) is 0 Å². The topological polar surface area (TPSA) is 91.7 Å². The van der Waals surface area contributed by atoms with Crippen molar-refractivity contribution in [3.8, 4) is 11.5 Å². The van der Waals surface area contributed by atoms with E-state index in [0.717, 1.165) is 16.9 Å². The second kappa shape index (κ2) is 9.78. The number of benzene rings is 2. The van der Waals surface area contributed by atoms with Gasteiger partial charge in [0, 0.05) is 18.5 Å². The fraction of sp³-hybridized carbons (Fsp3) is 0.318. The lowest BCUT2D eigenvalue weighted by atomic mass is 10.2. The summed E-state index contributed by atoms with van der Waals surface area (Å²) in [6.07, 6.45) is 1.28. The van der Waals surface area contributed by atoms with Gasteiger partial charge >= 0.3 is 5.97 Å². The lowest BCUT2D eigenvalue weighted by Gasteiger charge is -2.10. The van der Waals surface area contributed by atoms with Gasteiger partial charge in [0.15, 0.2) is 11.5 Å². The summed E-state index contributed by atoms with van der Waals surface area (Å²) in [4.78, 5) is 28.9. The lowest BCUT2D eigenvalue weighted by molar-refractivity contribution is -0.141. The summed E-state index contributed by atoms with van der Waals surface area (Å²) in [5, 5.41) is 2.90. The maximum absolute atomic E-state index is 12.4. The Hall–Kier alpha value is -3.55. The Morgan fingerprint density at radius 3 is 2.53 bits per heavy atom. The van der Waals surface area contributed by atoms with Gasteiger partial charge in [-0.05, 0) is 36.8 Å². The quantitative estimate of drug-likeness (QED) is 0.430. The molecule has 0 aliphatic heterocycles. The Kier molecular flexibility index (Phi) is 6.90. The normalized spacial score (nSPS) is 10.6. The van der Waals surface area contributed by atoms with Gasteiger partial charge in [-0.3, -0.25) is 9.59 Å². The Bertz CT molecular complexity index is 1040. The number of carbonyl (C=O) groups excluding carboxylic acids is 2. The van der Waals surface area contributed by atoms with Crippen LogP contribution in [-0.2, 0) is 22.5 Å². The van der Waals surface area contributed by atoms with Crippen LogP contribution in [0.3, 0.4) is 0 Å². The zero-order valence-electron chi connectivity index (χ0n) is 17.3. The molecule has 8 heteroatoms. The number of amides is 1. The van der Waals surface area contributed by atoms with E-state index >= 15 is 0 Å². The molecule has 0 radical (unpaired) electrons. The number of nitrogens with zero attached hydrogens (tertiary/aromatic N) is 2. The Morgan fingerprint density at radius 1 is 1.03 bits per heavy atom. The van der Waals surface area contributed by atoms with Gasteiger partial charge in [0.25, 0.3) is 5.91 Å². The number of hydrogen-bond acceptors (Lipinski definition) is 6. The molecule has 1 heterocycles. The number of ether oxygens (including phenoxy) is 3. The van der Waals surface area contributed by atoms with Crippen molar-refractivity contribution in [2.24, 2.45) is 0 Å². The molecule has 0 fully saturated rings. The monoisotopic (exact) mass is 411 g/mol. The maximum atomic E-state index is 12.4. The summed E-state index contributed by atoms with van der Waals surface area (Å²) >= 11 is 0. The number of rotatable bonds is 9. The number of fused-ring (bicyclic) bond motifs is 1. The minimum Gasteiger partial charge on any atom is -0.493 e. The molecule has 0 bridgehead atoms. The Balaban J connectivity index is 1.63. The number of para-hydroxylation sites is 2. The summed E-state index contributed by atoms with van der Waals surface area (Å²) in [6, 6.07) is 12.7. The molecular formula is C22H25N3O5. The standard InChI is InChI=1S/C22H25N3O5/c1-28-18-11-10-15(13-19(18)29-2)22(27)23-12-6-9-20-24-16-7-4-5-8-17(16)25(20)14-21(26)30-3/h4-5,7-8,10-11,13H,6,9,12,14H2,1-3H3,(H,23,27). The highest BCUT2D eigenvalue weighted by Crippen LogP contribution is 2.27. The third-order valence-electron chi connectivity index (χ3n) is 4.76. The predicted octanol–water partition coefficient (Wildman–Crippen LogP) is 2.59. The third-order valence-corrected chi connectivity index (χ3v) is 4.76. The van der Waals surface area contributed by atoms with E-state index in [2.05, 4.69) is 10.3 Å². The minimum atomic E-state index is -0.332. The van der Waals surface area contributed by atoms with Crippen LogP contribution >= 0.6 is 0 Å². The molecule has 3 aromatic rings. The van der Waals surface area contributed by atoms with Crippen LogP contribution in [-0.4, -0.2) is 49.3 Å². The molecule has 30 heavy (non-hydrogen) atoms. The number of methoxy groups -OCH3 is 3. The molecule has 3 rings (SSSR count). The molecule has 1 N–H and O–H groups in total. The van der Waals surface area contributed by atoms with Crippen LogP contribution < -0.4 is 14.8 Å². The van der Waals surface area contributed by atoms with Crippen LogP contribution in [0, 0.1) is 0 Å². The molecular weight excluding hydrogens is 386 g/mol. The number of esters is 1. The number of hydrogen-bond donors (Lipinski definition) is 1. The van der Waals surface area contributed by atoms with Gasteiger partial charge in [0.1, 0.15) is 12.4 Å². The zero-order chi connectivity index (χ0) is 21.5. The van der Waals surface area contributed by atoms with Crippen LogP contribution in [0.4, 0.5) is 0 Å². The fourth-order valence-corrected chi connectivity index (χ4v) is 3.21. The van der Waals surface area contributed by atoms with Crippen LogP contribution in [0.15, 0.2) is 42.5 Å². The summed E-state index contributed by atoms with van der Waals surface area (Å²) in [5.74, 6) is 1.32. The highest BCUT2D eigenvalue weighted by Gasteiger charge is 2.14. The van der Waals surface area contributed by atoms with Crippen molar-refractivity contribution < 1.29 is 23.8 Å². The van der Waals surface area contributed by atoms with Crippen molar-refractivity contribution >= 4 is 22.9 Å². The number of carbonyl (C=O) groups is 2. The molecule has 158 valence electrons. The van der Waals surface area contributed by atoms with Crippen molar-refractivity contribution in [3.63, 3.8) is 0 Å². The van der Waals surface area contributed by atoms with Gasteiger partial charge in [-0.25, -0.2) is 4.98 Å². The Labute approximate surface area is 174 Å². The van der Waals surface area contributed by atoms with Crippen LogP contribution in [0.5, 0.6) is 11.5 Å². The number of aromatic nitrogens is 2. The molecule has 0 spiro atoms. The van der Waals surface area contributed by atoms with Gasteiger partial charge in [-0.1, -0.05) is 12.1 Å². The van der Waals surface area contributed by atoms with E-state index in [1.165, 1.54) is 14.2 Å². The van der Waals surface area contributed by atoms with E-state index in [-0.39, 0.29) is 18.4 Å². The first-order valence-corrected chi connectivity index (χ1v) is 9.58. The second-order valence-corrected chi connectivity index (χ2v) is 6.61. The molecule has 0 atom stereocenters. The van der Waals surface area contributed by atoms with Crippen LogP contribution in [0.1, 0.15) is 22.6 Å². The largest absolute Gasteiger partial charge is 0.493 e. The molecule has 1 amide bonds. The molecule has 0 saturated carbocycles. The first-order valence-electron chi connectivity index (χ1n) is 9.58. The summed E-state index contributed by atoms with van der Waals surface area (Å²) in [5.41, 5.74) is 2.20. The minimum absolute atomic E-state index is 0.102. The molecule has 8 nitrogen and oxygen atoms in total. The Morgan fingerprint density at radius 2 is 1.80 bits per heavy atom. The van der Waals surface area contributed by atoms with E-state index in [4.69, 9.17) is 14.2 Å². The van der Waals surface area contributed by atoms with E-state index in [1.54, 1.807) is 25.3 Å². The molecule has 2 aromatic carbocycles. The number of nitrogens with one attached hydrogen (secondary N) is 1. The van der Waals surface area contributed by atoms with Gasteiger partial charge in [0.05, 0.1) is 32.4 Å². The number of aryl methyl sites for hydroxylation is 1. The van der Waals surface area contributed by atoms with E-state index in [0.29, 0.717) is 36.4 Å². The van der Waals surface area contributed by atoms with Crippen LogP contribution in [0.2, 0.25) is 0 Å². The first kappa shape index (κ1) is 21.2. The zero-order valence-corrected chi connectivity index (χ0v) is 17.3.